The van der Waals surface area contributed by atoms with E-state index in [1.54, 1.807) is 13.8 Å². The molecule has 9 nitrogen and oxygen atoms in total. The van der Waals surface area contributed by atoms with Crippen LogP contribution in [0.1, 0.15) is 37.0 Å². The number of piperazine rings is 1. The summed E-state index contributed by atoms with van der Waals surface area (Å²) < 4.78 is 37.3. The summed E-state index contributed by atoms with van der Waals surface area (Å²) in [6.07, 6.45) is 0. The largest absolute Gasteiger partial charge is 0.360 e. The summed E-state index contributed by atoms with van der Waals surface area (Å²) in [5.41, 5.74) is 0.383. The number of sulfonamides is 1. The van der Waals surface area contributed by atoms with Crippen molar-refractivity contribution in [1.29, 1.82) is 0 Å². The van der Waals surface area contributed by atoms with E-state index in [-0.39, 0.29) is 10.8 Å². The fourth-order valence-electron chi connectivity index (χ4n) is 2.68. The van der Waals surface area contributed by atoms with E-state index in [1.165, 1.54) is 4.31 Å². The molecule has 1 aliphatic rings. The van der Waals surface area contributed by atoms with Crippen LogP contribution >= 0.6 is 0 Å². The molecular weight excluding hydrogens is 334 g/mol. The Hall–Kier alpha value is -1.94. The van der Waals surface area contributed by atoms with Crippen LogP contribution in [0, 0.1) is 13.8 Å². The summed E-state index contributed by atoms with van der Waals surface area (Å²) in [7, 11) is -3.61. The third-order valence-electron chi connectivity index (χ3n) is 4.02. The first kappa shape index (κ1) is 16.9. The van der Waals surface area contributed by atoms with E-state index in [9.17, 15) is 8.42 Å². The van der Waals surface area contributed by atoms with Crippen molar-refractivity contribution >= 4 is 16.0 Å². The molecule has 3 rings (SSSR count). The van der Waals surface area contributed by atoms with E-state index in [4.69, 9.17) is 9.05 Å². The maximum Gasteiger partial charge on any atom is 0.324 e. The van der Waals surface area contributed by atoms with Crippen LogP contribution in [-0.4, -0.2) is 54.2 Å². The molecule has 0 spiro atoms. The summed E-state index contributed by atoms with van der Waals surface area (Å²) in [6, 6.07) is 0.438. The maximum absolute atomic E-state index is 12.8. The van der Waals surface area contributed by atoms with E-state index >= 15 is 0 Å². The van der Waals surface area contributed by atoms with Gasteiger partial charge in [0.2, 0.25) is 10.0 Å². The molecule has 2 aromatic heterocycles. The predicted octanol–water partition coefficient (Wildman–Crippen LogP) is 1.31. The Morgan fingerprint density at radius 2 is 1.71 bits per heavy atom. The lowest BCUT2D eigenvalue weighted by atomic mass is 10.2. The van der Waals surface area contributed by atoms with Crippen molar-refractivity contribution in [3.8, 4) is 0 Å². The first-order valence-corrected chi connectivity index (χ1v) is 9.26. The standard InChI is InChI=1S/C14H21N5O4S/c1-9(2)13-15-14(23-17-13)18-5-7-19(8-6-18)24(20,21)12-10(3)16-22-11(12)4/h9H,5-8H2,1-4H3. The van der Waals surface area contributed by atoms with E-state index < -0.39 is 10.0 Å². The molecule has 1 aliphatic heterocycles. The summed E-state index contributed by atoms with van der Waals surface area (Å²) in [4.78, 5) is 6.42. The average molecular weight is 355 g/mol. The van der Waals surface area contributed by atoms with Crippen LogP contribution in [0.25, 0.3) is 0 Å². The molecule has 10 heteroatoms. The molecule has 0 amide bonds. The van der Waals surface area contributed by atoms with Gasteiger partial charge in [0.25, 0.3) is 0 Å². The normalized spacial score (nSPS) is 17.0. The number of hydrogen-bond acceptors (Lipinski definition) is 8. The van der Waals surface area contributed by atoms with Gasteiger partial charge in [-0.1, -0.05) is 24.2 Å². The number of nitrogens with zero attached hydrogens (tertiary/aromatic N) is 5. The smallest absolute Gasteiger partial charge is 0.324 e. The minimum atomic E-state index is -3.61. The van der Waals surface area contributed by atoms with Gasteiger partial charge in [-0.2, -0.15) is 9.29 Å². The van der Waals surface area contributed by atoms with Gasteiger partial charge in [0.1, 0.15) is 10.6 Å². The zero-order valence-electron chi connectivity index (χ0n) is 14.2. The lowest BCUT2D eigenvalue weighted by Gasteiger charge is -2.32. The topological polar surface area (TPSA) is 106 Å². The van der Waals surface area contributed by atoms with Gasteiger partial charge in [-0.05, 0) is 13.8 Å². The van der Waals surface area contributed by atoms with Crippen LogP contribution in [0.2, 0.25) is 0 Å². The van der Waals surface area contributed by atoms with Crippen molar-refractivity contribution in [2.45, 2.75) is 38.5 Å². The average Bonchev–Trinajstić information content (AvgIpc) is 3.15. The van der Waals surface area contributed by atoms with Gasteiger partial charge in [-0.15, -0.1) is 0 Å². The van der Waals surface area contributed by atoms with E-state index in [0.717, 1.165) is 0 Å². The summed E-state index contributed by atoms with van der Waals surface area (Å²) >= 11 is 0. The third-order valence-corrected chi connectivity index (χ3v) is 6.17. The monoisotopic (exact) mass is 355 g/mol. The summed E-state index contributed by atoms with van der Waals surface area (Å²) in [5.74, 6) is 1.15. The molecule has 132 valence electrons. The molecule has 0 unspecified atom stereocenters. The number of aromatic nitrogens is 3. The second-order valence-electron chi connectivity index (χ2n) is 6.13. The first-order chi connectivity index (χ1) is 11.3. The summed E-state index contributed by atoms with van der Waals surface area (Å²) in [5, 5.41) is 7.68. The van der Waals surface area contributed by atoms with Crippen molar-refractivity contribution in [3.63, 3.8) is 0 Å². The molecule has 0 saturated carbocycles. The fourth-order valence-corrected chi connectivity index (χ4v) is 4.39. The van der Waals surface area contributed by atoms with Gasteiger partial charge >= 0.3 is 6.01 Å². The molecule has 3 heterocycles. The van der Waals surface area contributed by atoms with Gasteiger partial charge in [0.05, 0.1) is 0 Å². The maximum atomic E-state index is 12.8. The van der Waals surface area contributed by atoms with Crippen LogP contribution in [0.5, 0.6) is 0 Å². The Balaban J connectivity index is 1.72. The van der Waals surface area contributed by atoms with Gasteiger partial charge in [-0.3, -0.25) is 0 Å². The number of anilines is 1. The Bertz CT molecular complexity index is 799. The zero-order chi connectivity index (χ0) is 17.5. The van der Waals surface area contributed by atoms with E-state index in [2.05, 4.69) is 15.3 Å². The molecule has 0 aromatic carbocycles. The van der Waals surface area contributed by atoms with Crippen LogP contribution in [0.3, 0.4) is 0 Å². The molecule has 1 saturated heterocycles. The number of aryl methyl sites for hydroxylation is 2. The zero-order valence-corrected chi connectivity index (χ0v) is 15.0. The Kier molecular flexibility index (Phi) is 4.35. The van der Waals surface area contributed by atoms with Crippen LogP contribution in [0.4, 0.5) is 6.01 Å². The van der Waals surface area contributed by atoms with Gasteiger partial charge in [0, 0.05) is 32.1 Å². The SMILES string of the molecule is Cc1noc(C)c1S(=O)(=O)N1CCN(c2nc(C(C)C)no2)CC1. The molecule has 2 aromatic rings. The van der Waals surface area contributed by atoms with Crippen molar-refractivity contribution in [1.82, 2.24) is 19.6 Å². The van der Waals surface area contributed by atoms with E-state index in [1.807, 2.05) is 18.7 Å². The predicted molar refractivity (Wildman–Crippen MR) is 85.3 cm³/mol. The first-order valence-electron chi connectivity index (χ1n) is 7.82. The van der Waals surface area contributed by atoms with Gasteiger partial charge in [0.15, 0.2) is 11.6 Å². The highest BCUT2D eigenvalue weighted by molar-refractivity contribution is 7.89. The Morgan fingerprint density at radius 3 is 2.21 bits per heavy atom. The van der Waals surface area contributed by atoms with E-state index in [0.29, 0.717) is 49.5 Å². The minimum absolute atomic E-state index is 0.163. The molecular formula is C14H21N5O4S. The highest BCUT2D eigenvalue weighted by Gasteiger charge is 2.34. The number of rotatable bonds is 4. The molecule has 0 bridgehead atoms. The lowest BCUT2D eigenvalue weighted by molar-refractivity contribution is 0.351. The van der Waals surface area contributed by atoms with Crippen LogP contribution < -0.4 is 4.90 Å². The van der Waals surface area contributed by atoms with Crippen LogP contribution in [0.15, 0.2) is 13.9 Å². The molecule has 24 heavy (non-hydrogen) atoms. The van der Waals surface area contributed by atoms with Crippen molar-refractivity contribution in [3.05, 3.63) is 17.3 Å². The van der Waals surface area contributed by atoms with Crippen molar-refractivity contribution in [2.24, 2.45) is 0 Å². The van der Waals surface area contributed by atoms with Gasteiger partial charge in [-0.25, -0.2) is 8.42 Å². The number of hydrogen-bond donors (Lipinski definition) is 0. The molecule has 0 radical (unpaired) electrons. The van der Waals surface area contributed by atoms with Crippen LogP contribution in [-0.2, 0) is 10.0 Å². The Labute approximate surface area is 140 Å². The molecule has 0 N–H and O–H groups in total. The summed E-state index contributed by atoms with van der Waals surface area (Å²) in [6.45, 7) is 8.87. The second-order valence-corrected chi connectivity index (χ2v) is 8.01. The van der Waals surface area contributed by atoms with Crippen molar-refractivity contribution in [2.75, 3.05) is 31.1 Å². The lowest BCUT2D eigenvalue weighted by Crippen LogP contribution is -2.49. The Morgan fingerprint density at radius 1 is 1.04 bits per heavy atom. The molecule has 0 aliphatic carbocycles. The van der Waals surface area contributed by atoms with Gasteiger partial charge < -0.3 is 13.9 Å². The minimum Gasteiger partial charge on any atom is -0.360 e. The quantitative estimate of drug-likeness (QED) is 0.808. The third kappa shape index (κ3) is 2.91. The highest BCUT2D eigenvalue weighted by Crippen LogP contribution is 2.25. The molecule has 0 atom stereocenters. The second kappa shape index (κ2) is 6.17. The molecule has 1 fully saturated rings. The van der Waals surface area contributed by atoms with Crippen molar-refractivity contribution < 1.29 is 17.5 Å². The fraction of sp³-hybridized carbons (Fsp3) is 0.643. The highest BCUT2D eigenvalue weighted by atomic mass is 32.2.